The molecule has 0 aliphatic carbocycles. The fraction of sp³-hybridized carbons (Fsp3) is 0.194. The first kappa shape index (κ1) is 26.1. The molecule has 0 fully saturated rings. The van der Waals surface area contributed by atoms with E-state index in [4.69, 9.17) is 0 Å². The zero-order valence-corrected chi connectivity index (χ0v) is 21.5. The minimum Gasteiger partial charge on any atom is -0.305 e. The zero-order valence-electron chi connectivity index (χ0n) is 21.5. The molecule has 0 saturated carbocycles. The third-order valence-corrected chi connectivity index (χ3v) is 6.77. The van der Waals surface area contributed by atoms with Crippen LogP contribution in [0.4, 0.5) is 10.1 Å². The Bertz CT molecular complexity index is 1600. The van der Waals surface area contributed by atoms with E-state index in [2.05, 4.69) is 26.5 Å². The van der Waals surface area contributed by atoms with Gasteiger partial charge in [-0.25, -0.2) is 9.18 Å². The number of imidazole rings is 1. The smallest absolute Gasteiger partial charge is 0.305 e. The van der Waals surface area contributed by atoms with Crippen LogP contribution >= 0.6 is 0 Å². The summed E-state index contributed by atoms with van der Waals surface area (Å²) in [7, 11) is 0. The standard InChI is InChI=1S/C22H22FN3O2.C9H8N2/c23-17-9-7-16(8-10-17)21(27)6-3-13-25-14-11-18(12-15-25)26-20-5-2-1-4-19(20)24-22(26)28;1-2-6-9-8(4-1)5-3-7-10-11-9/h1-2,4-5,7-11H,3,6,12-15H2,(H,24,28);1-7,11H. The summed E-state index contributed by atoms with van der Waals surface area (Å²) >= 11 is 0. The second-order valence-electron chi connectivity index (χ2n) is 9.40. The first-order valence-corrected chi connectivity index (χ1v) is 13.0. The first-order chi connectivity index (χ1) is 19.1. The first-order valence-electron chi connectivity index (χ1n) is 13.0. The molecule has 0 amide bonds. The van der Waals surface area contributed by atoms with Gasteiger partial charge >= 0.3 is 5.69 Å². The fourth-order valence-electron chi connectivity index (χ4n) is 4.73. The molecule has 0 bridgehead atoms. The summed E-state index contributed by atoms with van der Waals surface area (Å²) in [4.78, 5) is 29.7. The number of fused-ring (bicyclic) bond motifs is 2. The maximum atomic E-state index is 12.9. The maximum Gasteiger partial charge on any atom is 0.330 e. The molecule has 3 heterocycles. The van der Waals surface area contributed by atoms with Crippen molar-refractivity contribution in [1.29, 1.82) is 0 Å². The van der Waals surface area contributed by atoms with Crippen LogP contribution in [0.15, 0.2) is 94.8 Å². The molecule has 2 aliphatic rings. The van der Waals surface area contributed by atoms with Crippen LogP contribution in [0.2, 0.25) is 0 Å². The quantitative estimate of drug-likeness (QED) is 0.314. The molecular weight excluding hydrogens is 493 g/mol. The minimum atomic E-state index is -0.332. The molecule has 8 heteroatoms. The van der Waals surface area contributed by atoms with Crippen molar-refractivity contribution < 1.29 is 9.18 Å². The predicted octanol–water partition coefficient (Wildman–Crippen LogP) is 5.79. The molecule has 0 atom stereocenters. The highest BCUT2D eigenvalue weighted by molar-refractivity contribution is 5.96. The summed E-state index contributed by atoms with van der Waals surface area (Å²) in [6.07, 6.45) is 9.76. The van der Waals surface area contributed by atoms with Gasteiger partial charge in [-0.3, -0.25) is 19.7 Å². The van der Waals surface area contributed by atoms with Crippen molar-refractivity contribution in [2.75, 3.05) is 25.1 Å². The Morgan fingerprint density at radius 1 is 1.00 bits per heavy atom. The number of nitrogens with one attached hydrogen (secondary N) is 2. The van der Waals surface area contributed by atoms with Gasteiger partial charge in [0.05, 0.1) is 16.7 Å². The van der Waals surface area contributed by atoms with Crippen LogP contribution in [0.25, 0.3) is 22.8 Å². The number of rotatable bonds is 6. The molecule has 3 aromatic carbocycles. The second kappa shape index (κ2) is 12.3. The van der Waals surface area contributed by atoms with Gasteiger partial charge in [0.1, 0.15) is 5.82 Å². The van der Waals surface area contributed by atoms with Crippen molar-refractivity contribution >= 4 is 40.5 Å². The minimum absolute atomic E-state index is 0.0404. The molecule has 39 heavy (non-hydrogen) atoms. The number of carbonyl (C=O) groups is 1. The number of halogens is 1. The number of H-pyrrole nitrogens is 1. The Hall–Kier alpha value is -4.56. The molecule has 1 aromatic heterocycles. The molecule has 7 nitrogen and oxygen atoms in total. The van der Waals surface area contributed by atoms with Gasteiger partial charge in [0.15, 0.2) is 5.78 Å². The molecule has 0 spiro atoms. The number of Topliss-reactive ketones (excluding diaryl/α,β-unsaturated/α-hetero) is 1. The molecule has 6 rings (SSSR count). The van der Waals surface area contributed by atoms with E-state index in [1.54, 1.807) is 10.8 Å². The molecule has 0 saturated heterocycles. The highest BCUT2D eigenvalue weighted by Gasteiger charge is 2.17. The van der Waals surface area contributed by atoms with Crippen LogP contribution in [0.5, 0.6) is 0 Å². The van der Waals surface area contributed by atoms with Crippen LogP contribution in [0.1, 0.15) is 35.2 Å². The van der Waals surface area contributed by atoms with Crippen molar-refractivity contribution in [2.24, 2.45) is 5.10 Å². The summed E-state index contributed by atoms with van der Waals surface area (Å²) in [5.74, 6) is -0.291. The van der Waals surface area contributed by atoms with Crippen LogP contribution in [-0.4, -0.2) is 46.1 Å². The summed E-state index contributed by atoms with van der Waals surface area (Å²) < 4.78 is 14.7. The van der Waals surface area contributed by atoms with Crippen molar-refractivity contribution in [3.63, 3.8) is 0 Å². The number of hydrogen-bond acceptors (Lipinski definition) is 5. The van der Waals surface area contributed by atoms with Crippen molar-refractivity contribution in [3.8, 4) is 0 Å². The monoisotopic (exact) mass is 523 g/mol. The average Bonchev–Trinajstić information content (AvgIpc) is 3.12. The van der Waals surface area contributed by atoms with E-state index in [1.165, 1.54) is 29.8 Å². The number of aromatic amines is 1. The highest BCUT2D eigenvalue weighted by Crippen LogP contribution is 2.20. The zero-order chi connectivity index (χ0) is 27.0. The van der Waals surface area contributed by atoms with E-state index in [9.17, 15) is 14.0 Å². The molecule has 2 aliphatic heterocycles. The van der Waals surface area contributed by atoms with Gasteiger partial charge in [-0.2, -0.15) is 5.10 Å². The number of allylic oxidation sites excluding steroid dienone is 1. The maximum absolute atomic E-state index is 12.9. The Morgan fingerprint density at radius 2 is 1.79 bits per heavy atom. The number of ketones is 1. The Labute approximate surface area is 226 Å². The lowest BCUT2D eigenvalue weighted by atomic mass is 10.1. The lowest BCUT2D eigenvalue weighted by Gasteiger charge is -2.26. The van der Waals surface area contributed by atoms with Gasteiger partial charge in [0.2, 0.25) is 0 Å². The molecule has 0 unspecified atom stereocenters. The van der Waals surface area contributed by atoms with E-state index in [1.807, 2.05) is 60.7 Å². The van der Waals surface area contributed by atoms with Gasteiger partial charge < -0.3 is 4.98 Å². The SMILES string of the molecule is C1=Cc2ccccc2NN=C1.O=C(CCCN1CC=C(n2c(=O)[nH]c3ccccc32)CC1)c1ccc(F)cc1. The number of hydrogen-bond donors (Lipinski definition) is 2. The lowest BCUT2D eigenvalue weighted by Crippen LogP contribution is -2.32. The highest BCUT2D eigenvalue weighted by atomic mass is 19.1. The molecule has 4 aromatic rings. The van der Waals surface area contributed by atoms with Crippen LogP contribution in [0, 0.1) is 5.82 Å². The van der Waals surface area contributed by atoms with Gasteiger partial charge in [0, 0.05) is 43.4 Å². The third kappa shape index (κ3) is 6.48. The third-order valence-electron chi connectivity index (χ3n) is 6.77. The second-order valence-corrected chi connectivity index (χ2v) is 9.40. The molecule has 0 radical (unpaired) electrons. The van der Waals surface area contributed by atoms with E-state index >= 15 is 0 Å². The van der Waals surface area contributed by atoms with E-state index in [0.29, 0.717) is 12.0 Å². The van der Waals surface area contributed by atoms with Gasteiger partial charge in [-0.05, 0) is 67.1 Å². The van der Waals surface area contributed by atoms with E-state index in [-0.39, 0.29) is 17.3 Å². The number of carbonyl (C=O) groups excluding carboxylic acids is 1. The number of aromatic nitrogens is 2. The Kier molecular flexibility index (Phi) is 8.23. The summed E-state index contributed by atoms with van der Waals surface area (Å²) in [5, 5.41) is 3.95. The van der Waals surface area contributed by atoms with Crippen LogP contribution in [0.3, 0.4) is 0 Å². The van der Waals surface area contributed by atoms with Gasteiger partial charge in [0.25, 0.3) is 0 Å². The summed E-state index contributed by atoms with van der Waals surface area (Å²) in [6.45, 7) is 2.42. The Balaban J connectivity index is 0.000000233. The molecule has 198 valence electrons. The van der Waals surface area contributed by atoms with Crippen molar-refractivity contribution in [2.45, 2.75) is 19.3 Å². The topological polar surface area (TPSA) is 82.5 Å². The number of para-hydroxylation sites is 3. The summed E-state index contributed by atoms with van der Waals surface area (Å²) in [5.41, 5.74) is 8.36. The van der Waals surface area contributed by atoms with Crippen molar-refractivity contribution in [1.82, 2.24) is 14.5 Å². The van der Waals surface area contributed by atoms with Crippen LogP contribution < -0.4 is 11.1 Å². The number of nitrogens with zero attached hydrogens (tertiary/aromatic N) is 3. The Morgan fingerprint density at radius 3 is 2.62 bits per heavy atom. The van der Waals surface area contributed by atoms with Gasteiger partial charge in [-0.15, -0.1) is 0 Å². The largest absolute Gasteiger partial charge is 0.330 e. The lowest BCUT2D eigenvalue weighted by molar-refractivity contribution is 0.0975. The number of hydrazone groups is 1. The van der Waals surface area contributed by atoms with Gasteiger partial charge in [-0.1, -0.05) is 42.5 Å². The average molecular weight is 524 g/mol. The van der Waals surface area contributed by atoms with Crippen molar-refractivity contribution in [3.05, 3.63) is 112 Å². The molecule has 2 N–H and O–H groups in total. The van der Waals surface area contributed by atoms with E-state index < -0.39 is 0 Å². The normalized spacial score (nSPS) is 14.5. The number of benzene rings is 3. The molecular formula is C31H30FN5O2. The predicted molar refractivity (Wildman–Crippen MR) is 155 cm³/mol. The summed E-state index contributed by atoms with van der Waals surface area (Å²) in [6, 6.07) is 21.4. The fourth-order valence-corrected chi connectivity index (χ4v) is 4.73. The number of anilines is 1. The van der Waals surface area contributed by atoms with Crippen LogP contribution in [-0.2, 0) is 0 Å². The van der Waals surface area contributed by atoms with E-state index in [0.717, 1.165) is 54.9 Å².